The van der Waals surface area contributed by atoms with E-state index in [1.165, 1.54) is 18.9 Å². The molecular formula is C20H15N3O4. The van der Waals surface area contributed by atoms with Gasteiger partial charge in [-0.3, -0.25) is 0 Å². The van der Waals surface area contributed by atoms with Gasteiger partial charge in [-0.1, -0.05) is 36.4 Å². The zero-order valence-electron chi connectivity index (χ0n) is 14.7. The Kier molecular flexibility index (Phi) is 4.04. The Morgan fingerprint density at radius 3 is 2.26 bits per heavy atom. The van der Waals surface area contributed by atoms with Gasteiger partial charge in [0, 0.05) is 10.9 Å². The second-order valence-corrected chi connectivity index (χ2v) is 5.78. The predicted molar refractivity (Wildman–Crippen MR) is 98.2 cm³/mol. The lowest BCUT2D eigenvalue weighted by Gasteiger charge is -2.16. The average molecular weight is 361 g/mol. The number of hydrogen-bond donors (Lipinski definition) is 0. The largest absolute Gasteiger partial charge is 0.465 e. The minimum absolute atomic E-state index is 0.0419. The van der Waals surface area contributed by atoms with E-state index in [4.69, 9.17) is 9.47 Å². The number of fused-ring (bicyclic) bond motifs is 3. The van der Waals surface area contributed by atoms with E-state index in [0.29, 0.717) is 22.6 Å². The molecule has 2 heterocycles. The third-order valence-corrected chi connectivity index (χ3v) is 4.28. The minimum atomic E-state index is -0.729. The van der Waals surface area contributed by atoms with Gasteiger partial charge >= 0.3 is 11.9 Å². The highest BCUT2D eigenvalue weighted by atomic mass is 16.5. The maximum atomic E-state index is 12.6. The fourth-order valence-corrected chi connectivity index (χ4v) is 3.08. The van der Waals surface area contributed by atoms with Crippen LogP contribution in [0.5, 0.6) is 0 Å². The first-order valence-corrected chi connectivity index (χ1v) is 8.19. The normalized spacial score (nSPS) is 10.9. The van der Waals surface area contributed by atoms with Crippen molar-refractivity contribution in [2.45, 2.75) is 0 Å². The van der Waals surface area contributed by atoms with Crippen LogP contribution in [0.1, 0.15) is 20.8 Å². The molecule has 0 fully saturated rings. The lowest BCUT2D eigenvalue weighted by molar-refractivity contribution is 0.0548. The van der Waals surface area contributed by atoms with Gasteiger partial charge in [-0.2, -0.15) is 5.10 Å². The molecule has 134 valence electrons. The molecule has 0 radical (unpaired) electrons. The van der Waals surface area contributed by atoms with E-state index in [0.717, 1.165) is 5.39 Å². The van der Waals surface area contributed by atoms with Crippen LogP contribution in [-0.4, -0.2) is 40.9 Å². The van der Waals surface area contributed by atoms with Gasteiger partial charge in [0.2, 0.25) is 0 Å². The van der Waals surface area contributed by atoms with Gasteiger partial charge < -0.3 is 9.47 Å². The molecule has 0 saturated heterocycles. The highest BCUT2D eigenvalue weighted by molar-refractivity contribution is 6.12. The lowest BCUT2D eigenvalue weighted by Crippen LogP contribution is -2.21. The topological polar surface area (TPSA) is 83.3 Å². The first kappa shape index (κ1) is 16.7. The monoisotopic (exact) mass is 361 g/mol. The molecule has 0 bridgehead atoms. The molecule has 4 rings (SSSR count). The Labute approximate surface area is 154 Å². The summed E-state index contributed by atoms with van der Waals surface area (Å²) in [4.78, 5) is 29.6. The number of methoxy groups -OCH3 is 2. The molecule has 0 N–H and O–H groups in total. The number of carbonyl (C=O) groups is 2. The Morgan fingerprint density at radius 2 is 1.56 bits per heavy atom. The molecule has 2 aliphatic heterocycles. The number of nitrogens with zero attached hydrogens (tertiary/aromatic N) is 3. The molecular weight excluding hydrogens is 346 g/mol. The highest BCUT2D eigenvalue weighted by Gasteiger charge is 2.32. The second kappa shape index (κ2) is 6.53. The lowest BCUT2D eigenvalue weighted by atomic mass is 10.0. The van der Waals surface area contributed by atoms with Gasteiger partial charge in [0.15, 0.2) is 11.5 Å². The molecule has 0 aliphatic carbocycles. The Balaban J connectivity index is 2.19. The first-order valence-electron chi connectivity index (χ1n) is 8.19. The SMILES string of the molecule is COC(=O)c1nn(-c2ccccc2)c2nc3ccccc3c-2c1C(=O)OC. The molecule has 0 spiro atoms. The summed E-state index contributed by atoms with van der Waals surface area (Å²) >= 11 is 0. The van der Waals surface area contributed by atoms with E-state index < -0.39 is 11.9 Å². The summed E-state index contributed by atoms with van der Waals surface area (Å²) in [6.45, 7) is 0. The van der Waals surface area contributed by atoms with Crippen LogP contribution in [0.3, 0.4) is 0 Å². The van der Waals surface area contributed by atoms with Crippen molar-refractivity contribution >= 4 is 22.8 Å². The van der Waals surface area contributed by atoms with Gasteiger partial charge in [0.05, 0.1) is 25.4 Å². The van der Waals surface area contributed by atoms with E-state index in [1.54, 1.807) is 0 Å². The third kappa shape index (κ3) is 2.60. The average Bonchev–Trinajstić information content (AvgIpc) is 3.11. The van der Waals surface area contributed by atoms with E-state index >= 15 is 0 Å². The fourth-order valence-electron chi connectivity index (χ4n) is 3.08. The number of rotatable bonds is 3. The molecule has 2 aliphatic rings. The Hall–Kier alpha value is -3.74. The Bertz CT molecular complexity index is 1130. The highest BCUT2D eigenvalue weighted by Crippen LogP contribution is 2.36. The Morgan fingerprint density at radius 1 is 0.889 bits per heavy atom. The van der Waals surface area contributed by atoms with Crippen LogP contribution >= 0.6 is 0 Å². The zero-order chi connectivity index (χ0) is 19.0. The van der Waals surface area contributed by atoms with E-state index in [2.05, 4.69) is 10.1 Å². The van der Waals surface area contributed by atoms with Crippen LogP contribution in [0.15, 0.2) is 54.6 Å². The summed E-state index contributed by atoms with van der Waals surface area (Å²) < 4.78 is 11.3. The molecule has 0 atom stereocenters. The smallest absolute Gasteiger partial charge is 0.359 e. The van der Waals surface area contributed by atoms with Crippen LogP contribution in [0.4, 0.5) is 0 Å². The quantitative estimate of drug-likeness (QED) is 0.522. The van der Waals surface area contributed by atoms with Crippen molar-refractivity contribution in [2.75, 3.05) is 14.2 Å². The molecule has 2 aromatic carbocycles. The molecule has 2 aromatic rings. The standard InChI is InChI=1S/C20H15N3O4/c1-26-19(24)16-15-13-10-6-7-11-14(13)21-18(15)23(12-8-4-3-5-9-12)22-17(16)20(25)27-2/h3-11H,1-2H3. The van der Waals surface area contributed by atoms with Crippen molar-refractivity contribution in [2.24, 2.45) is 0 Å². The summed E-state index contributed by atoms with van der Waals surface area (Å²) in [5.74, 6) is -0.950. The number of benzene rings is 2. The van der Waals surface area contributed by atoms with Crippen molar-refractivity contribution in [3.05, 3.63) is 65.9 Å². The van der Waals surface area contributed by atoms with Crippen LogP contribution in [0.25, 0.3) is 28.0 Å². The number of carbonyl (C=O) groups excluding carboxylic acids is 2. The van der Waals surface area contributed by atoms with Crippen LogP contribution < -0.4 is 0 Å². The van der Waals surface area contributed by atoms with Crippen molar-refractivity contribution in [3.8, 4) is 17.1 Å². The number of hydrogen-bond acceptors (Lipinski definition) is 6. The first-order chi connectivity index (χ1) is 13.2. The zero-order valence-corrected chi connectivity index (χ0v) is 14.7. The van der Waals surface area contributed by atoms with Crippen molar-refractivity contribution in [1.29, 1.82) is 0 Å². The van der Waals surface area contributed by atoms with Crippen molar-refractivity contribution in [1.82, 2.24) is 14.8 Å². The number of aromatic nitrogens is 3. The van der Waals surface area contributed by atoms with Gasteiger partial charge in [-0.05, 0) is 18.2 Å². The van der Waals surface area contributed by atoms with Crippen molar-refractivity contribution < 1.29 is 19.1 Å². The maximum Gasteiger partial charge on any atom is 0.359 e. The van der Waals surface area contributed by atoms with Gasteiger partial charge in [0.1, 0.15) is 5.56 Å². The minimum Gasteiger partial charge on any atom is -0.465 e. The predicted octanol–water partition coefficient (Wildman–Crippen LogP) is 3.10. The fraction of sp³-hybridized carbons (Fsp3) is 0.100. The van der Waals surface area contributed by atoms with Crippen LogP contribution in [0, 0.1) is 0 Å². The molecule has 7 heteroatoms. The molecule has 7 nitrogen and oxygen atoms in total. The van der Waals surface area contributed by atoms with E-state index in [1.807, 2.05) is 54.6 Å². The molecule has 0 saturated carbocycles. The number of ether oxygens (including phenoxy) is 2. The van der Waals surface area contributed by atoms with Crippen LogP contribution in [-0.2, 0) is 9.47 Å². The molecule has 0 amide bonds. The summed E-state index contributed by atoms with van der Waals surface area (Å²) in [5, 5.41) is 5.11. The summed E-state index contributed by atoms with van der Waals surface area (Å²) in [6.07, 6.45) is 0. The second-order valence-electron chi connectivity index (χ2n) is 5.78. The summed E-state index contributed by atoms with van der Waals surface area (Å²) in [6, 6.07) is 16.6. The van der Waals surface area contributed by atoms with Crippen LogP contribution in [0.2, 0.25) is 0 Å². The van der Waals surface area contributed by atoms with Crippen molar-refractivity contribution in [3.63, 3.8) is 0 Å². The molecule has 0 unspecified atom stereocenters. The maximum absolute atomic E-state index is 12.6. The van der Waals surface area contributed by atoms with Gasteiger partial charge in [-0.15, -0.1) is 0 Å². The number of para-hydroxylation sites is 2. The van der Waals surface area contributed by atoms with E-state index in [-0.39, 0.29) is 11.3 Å². The third-order valence-electron chi connectivity index (χ3n) is 4.28. The summed E-state index contributed by atoms with van der Waals surface area (Å²) in [7, 11) is 2.50. The summed E-state index contributed by atoms with van der Waals surface area (Å²) in [5.41, 5.74) is 1.80. The van der Waals surface area contributed by atoms with Gasteiger partial charge in [-0.25, -0.2) is 19.3 Å². The van der Waals surface area contributed by atoms with Gasteiger partial charge in [0.25, 0.3) is 0 Å². The molecule has 27 heavy (non-hydrogen) atoms. The van der Waals surface area contributed by atoms with E-state index in [9.17, 15) is 9.59 Å². The molecule has 0 aromatic heterocycles. The number of esters is 2.